The van der Waals surface area contributed by atoms with Crippen molar-refractivity contribution in [2.75, 3.05) is 20.2 Å². The van der Waals surface area contributed by atoms with Gasteiger partial charge in [0.15, 0.2) is 0 Å². The van der Waals surface area contributed by atoms with Crippen molar-refractivity contribution < 1.29 is 9.53 Å². The highest BCUT2D eigenvalue weighted by molar-refractivity contribution is 5.94. The number of amides is 1. The fourth-order valence-corrected chi connectivity index (χ4v) is 2.22. The number of pyridine rings is 1. The third-order valence-electron chi connectivity index (χ3n) is 3.27. The van der Waals surface area contributed by atoms with Crippen LogP contribution in [0.2, 0.25) is 0 Å². The van der Waals surface area contributed by atoms with Crippen molar-refractivity contribution in [1.82, 2.24) is 9.88 Å². The van der Waals surface area contributed by atoms with Crippen molar-refractivity contribution >= 4 is 5.91 Å². The van der Waals surface area contributed by atoms with Crippen LogP contribution in [0.1, 0.15) is 28.9 Å². The van der Waals surface area contributed by atoms with Crippen molar-refractivity contribution in [1.29, 1.82) is 0 Å². The molecule has 0 radical (unpaired) electrons. The van der Waals surface area contributed by atoms with Crippen molar-refractivity contribution in [3.05, 3.63) is 29.6 Å². The van der Waals surface area contributed by atoms with Crippen LogP contribution in [0.25, 0.3) is 0 Å². The van der Waals surface area contributed by atoms with E-state index in [9.17, 15) is 4.79 Å². The van der Waals surface area contributed by atoms with Gasteiger partial charge in [0.2, 0.25) is 0 Å². The van der Waals surface area contributed by atoms with Gasteiger partial charge in [-0.05, 0) is 25.0 Å². The maximum atomic E-state index is 12.3. The summed E-state index contributed by atoms with van der Waals surface area (Å²) in [5, 5.41) is 0. The highest BCUT2D eigenvalue weighted by Gasteiger charge is 2.24. The average molecular weight is 249 g/mol. The van der Waals surface area contributed by atoms with Gasteiger partial charge < -0.3 is 15.4 Å². The molecule has 1 aliphatic rings. The first kappa shape index (κ1) is 13.0. The van der Waals surface area contributed by atoms with E-state index in [0.29, 0.717) is 18.7 Å². The lowest BCUT2D eigenvalue weighted by molar-refractivity contribution is 0.0269. The maximum Gasteiger partial charge on any atom is 0.254 e. The molecule has 98 valence electrons. The number of aromatic nitrogens is 1. The maximum absolute atomic E-state index is 12.3. The minimum Gasteiger partial charge on any atom is -0.380 e. The first-order chi connectivity index (χ1) is 8.74. The van der Waals surface area contributed by atoms with Crippen molar-refractivity contribution in [2.24, 2.45) is 5.73 Å². The zero-order valence-electron chi connectivity index (χ0n) is 10.6. The molecule has 0 bridgehead atoms. The van der Waals surface area contributed by atoms with Crippen LogP contribution in [0, 0.1) is 0 Å². The van der Waals surface area contributed by atoms with Crippen LogP contribution in [0.3, 0.4) is 0 Å². The van der Waals surface area contributed by atoms with Gasteiger partial charge in [0.1, 0.15) is 0 Å². The van der Waals surface area contributed by atoms with E-state index >= 15 is 0 Å². The molecule has 2 heterocycles. The largest absolute Gasteiger partial charge is 0.380 e. The molecule has 5 heteroatoms. The highest BCUT2D eigenvalue weighted by atomic mass is 16.5. The lowest BCUT2D eigenvalue weighted by Crippen LogP contribution is -2.42. The van der Waals surface area contributed by atoms with E-state index in [0.717, 1.165) is 25.1 Å². The van der Waals surface area contributed by atoms with E-state index in [4.69, 9.17) is 10.5 Å². The van der Waals surface area contributed by atoms with Gasteiger partial charge in [-0.15, -0.1) is 0 Å². The number of nitrogens with two attached hydrogens (primary N) is 1. The van der Waals surface area contributed by atoms with E-state index in [1.54, 1.807) is 25.4 Å². The van der Waals surface area contributed by atoms with E-state index < -0.39 is 0 Å². The first-order valence-corrected chi connectivity index (χ1v) is 6.21. The number of nitrogens with zero attached hydrogens (tertiary/aromatic N) is 2. The van der Waals surface area contributed by atoms with Crippen molar-refractivity contribution in [2.45, 2.75) is 25.5 Å². The zero-order chi connectivity index (χ0) is 13.0. The molecule has 1 fully saturated rings. The lowest BCUT2D eigenvalue weighted by Gasteiger charge is -2.32. The van der Waals surface area contributed by atoms with Crippen LogP contribution in [-0.4, -0.2) is 42.1 Å². The molecule has 2 rings (SSSR count). The highest BCUT2D eigenvalue weighted by Crippen LogP contribution is 2.15. The summed E-state index contributed by atoms with van der Waals surface area (Å²) in [6, 6.07) is 3.50. The Hall–Kier alpha value is -1.46. The van der Waals surface area contributed by atoms with E-state index in [-0.39, 0.29) is 12.0 Å². The second-order valence-corrected chi connectivity index (χ2v) is 4.49. The molecule has 1 unspecified atom stereocenters. The molecule has 2 N–H and O–H groups in total. The molecule has 1 aliphatic heterocycles. The van der Waals surface area contributed by atoms with Crippen LogP contribution in [0.5, 0.6) is 0 Å². The fraction of sp³-hybridized carbons (Fsp3) is 0.538. The van der Waals surface area contributed by atoms with Crippen LogP contribution >= 0.6 is 0 Å². The van der Waals surface area contributed by atoms with Gasteiger partial charge >= 0.3 is 0 Å². The van der Waals surface area contributed by atoms with E-state index in [1.165, 1.54) is 0 Å². The van der Waals surface area contributed by atoms with Gasteiger partial charge in [-0.1, -0.05) is 0 Å². The minimum atomic E-state index is 0.0360. The van der Waals surface area contributed by atoms with E-state index in [2.05, 4.69) is 4.98 Å². The molecule has 1 amide bonds. The molecular formula is C13H19N3O2. The van der Waals surface area contributed by atoms with Crippen molar-refractivity contribution in [3.8, 4) is 0 Å². The number of methoxy groups -OCH3 is 1. The molecular weight excluding hydrogens is 230 g/mol. The normalized spacial score (nSPS) is 19.9. The monoisotopic (exact) mass is 249 g/mol. The summed E-state index contributed by atoms with van der Waals surface area (Å²) in [5.41, 5.74) is 6.93. The molecule has 0 spiro atoms. The van der Waals surface area contributed by atoms with Crippen LogP contribution in [-0.2, 0) is 11.3 Å². The van der Waals surface area contributed by atoms with Gasteiger partial charge in [0, 0.05) is 38.5 Å². The Morgan fingerprint density at radius 2 is 2.50 bits per heavy atom. The first-order valence-electron chi connectivity index (χ1n) is 6.21. The van der Waals surface area contributed by atoms with Gasteiger partial charge in [0.25, 0.3) is 5.91 Å². The average Bonchev–Trinajstić information content (AvgIpc) is 2.46. The van der Waals surface area contributed by atoms with Crippen LogP contribution in [0.4, 0.5) is 0 Å². The molecule has 0 aromatic carbocycles. The molecule has 0 saturated carbocycles. The van der Waals surface area contributed by atoms with Gasteiger partial charge in [-0.2, -0.15) is 0 Å². The summed E-state index contributed by atoms with van der Waals surface area (Å²) in [4.78, 5) is 18.3. The summed E-state index contributed by atoms with van der Waals surface area (Å²) in [5.74, 6) is 0.0360. The molecule has 5 nitrogen and oxygen atoms in total. The second-order valence-electron chi connectivity index (χ2n) is 4.49. The number of carbonyl (C=O) groups is 1. The number of likely N-dealkylation sites (tertiary alicyclic amines) is 1. The third kappa shape index (κ3) is 2.86. The molecule has 1 aromatic rings. The molecule has 18 heavy (non-hydrogen) atoms. The molecule has 1 atom stereocenters. The van der Waals surface area contributed by atoms with Gasteiger partial charge in [-0.25, -0.2) is 0 Å². The topological polar surface area (TPSA) is 68.5 Å². The molecule has 1 saturated heterocycles. The summed E-state index contributed by atoms with van der Waals surface area (Å²) in [7, 11) is 1.69. The third-order valence-corrected chi connectivity index (χ3v) is 3.27. The Kier molecular flexibility index (Phi) is 4.28. The quantitative estimate of drug-likeness (QED) is 0.860. The zero-order valence-corrected chi connectivity index (χ0v) is 10.6. The predicted molar refractivity (Wildman–Crippen MR) is 68.1 cm³/mol. The molecule has 1 aromatic heterocycles. The number of carbonyl (C=O) groups excluding carboxylic acids is 1. The SMILES string of the molecule is COC1CCCN(C(=O)c2ccnc(CN)c2)C1. The summed E-state index contributed by atoms with van der Waals surface area (Å²) in [6.45, 7) is 1.80. The second kappa shape index (κ2) is 5.93. The number of hydrogen-bond acceptors (Lipinski definition) is 4. The lowest BCUT2D eigenvalue weighted by atomic mass is 10.1. The standard InChI is InChI=1S/C13H19N3O2/c1-18-12-3-2-6-16(9-12)13(17)10-4-5-15-11(7-10)8-14/h4-5,7,12H,2-3,6,8-9,14H2,1H3. The number of rotatable bonds is 3. The van der Waals surface area contributed by atoms with Gasteiger partial charge in [0.05, 0.1) is 11.8 Å². The molecule has 0 aliphatic carbocycles. The number of piperidine rings is 1. The summed E-state index contributed by atoms with van der Waals surface area (Å²) in [6.07, 6.45) is 3.79. The van der Waals surface area contributed by atoms with E-state index in [1.807, 2.05) is 4.90 Å². The fourth-order valence-electron chi connectivity index (χ4n) is 2.22. The van der Waals surface area contributed by atoms with Crippen LogP contribution < -0.4 is 5.73 Å². The summed E-state index contributed by atoms with van der Waals surface area (Å²) < 4.78 is 5.33. The Balaban J connectivity index is 2.10. The number of ether oxygens (including phenoxy) is 1. The predicted octanol–water partition coefficient (Wildman–Crippen LogP) is 0.791. The smallest absolute Gasteiger partial charge is 0.254 e. The Morgan fingerprint density at radius 1 is 1.67 bits per heavy atom. The number of hydrogen-bond donors (Lipinski definition) is 1. The van der Waals surface area contributed by atoms with Crippen LogP contribution in [0.15, 0.2) is 18.3 Å². The van der Waals surface area contributed by atoms with Gasteiger partial charge in [-0.3, -0.25) is 9.78 Å². The summed E-state index contributed by atoms with van der Waals surface area (Å²) >= 11 is 0. The minimum absolute atomic E-state index is 0.0360. The Bertz CT molecular complexity index is 422. The Morgan fingerprint density at radius 3 is 3.22 bits per heavy atom. The van der Waals surface area contributed by atoms with Crippen molar-refractivity contribution in [3.63, 3.8) is 0 Å². The Labute approximate surface area is 107 Å².